The zero-order valence-corrected chi connectivity index (χ0v) is 14.1. The second kappa shape index (κ2) is 6.01. The van der Waals surface area contributed by atoms with Gasteiger partial charge in [-0.15, -0.1) is 0 Å². The van der Waals surface area contributed by atoms with Crippen molar-refractivity contribution < 1.29 is 9.59 Å². The highest BCUT2D eigenvalue weighted by molar-refractivity contribution is 6.05. The van der Waals surface area contributed by atoms with Crippen LogP contribution in [-0.4, -0.2) is 16.7 Å². The van der Waals surface area contributed by atoms with Crippen molar-refractivity contribution in [3.8, 4) is 17.3 Å². The quantitative estimate of drug-likeness (QED) is 0.695. The van der Waals surface area contributed by atoms with E-state index < -0.39 is 0 Å². The molecule has 0 atom stereocenters. The maximum atomic E-state index is 12.4. The Morgan fingerprint density at radius 2 is 2.08 bits per heavy atom. The number of hydrogen-bond acceptors (Lipinski definition) is 3. The van der Waals surface area contributed by atoms with Gasteiger partial charge in [0.2, 0.25) is 5.91 Å². The number of hydrogen-bond donors (Lipinski definition) is 2. The zero-order chi connectivity index (χ0) is 18.3. The molecule has 0 saturated heterocycles. The number of amides is 1. The fourth-order valence-electron chi connectivity index (χ4n) is 3.28. The Labute approximate surface area is 150 Å². The molecule has 2 N–H and O–H groups in total. The van der Waals surface area contributed by atoms with E-state index in [0.717, 1.165) is 39.0 Å². The van der Waals surface area contributed by atoms with Crippen molar-refractivity contribution in [2.45, 2.75) is 13.3 Å². The molecule has 1 aromatic heterocycles. The number of aromatic amines is 1. The lowest BCUT2D eigenvalue weighted by Crippen LogP contribution is -2.12. The molecule has 26 heavy (non-hydrogen) atoms. The molecule has 0 bridgehead atoms. The number of fused-ring (bicyclic) bond motifs is 5. The Balaban J connectivity index is 1.96. The van der Waals surface area contributed by atoms with Gasteiger partial charge < -0.3 is 10.3 Å². The van der Waals surface area contributed by atoms with Crippen molar-refractivity contribution in [1.82, 2.24) is 4.98 Å². The van der Waals surface area contributed by atoms with Crippen LogP contribution in [0, 0.1) is 11.3 Å². The first-order chi connectivity index (χ1) is 12.5. The van der Waals surface area contributed by atoms with Crippen LogP contribution in [0.25, 0.3) is 28.2 Å². The summed E-state index contributed by atoms with van der Waals surface area (Å²) in [6, 6.07) is 13.2. The van der Waals surface area contributed by atoms with E-state index in [0.29, 0.717) is 5.56 Å². The Bertz CT molecular complexity index is 1150. The standard InChI is InChI=1S/C21H15N3O2/c1-12(25)2-3-13-4-6-19-17(8-13)21-16(10-20(26)23-19)15-9-14(11-22)5-7-18(15)24-21/h2-9,24H,10H2,1H3,(H,23,26). The van der Waals surface area contributed by atoms with Crippen molar-refractivity contribution in [2.24, 2.45) is 0 Å². The molecule has 0 radical (unpaired) electrons. The molecule has 2 aromatic carbocycles. The summed E-state index contributed by atoms with van der Waals surface area (Å²) in [5, 5.41) is 13.0. The Morgan fingerprint density at radius 1 is 1.23 bits per heavy atom. The monoisotopic (exact) mass is 341 g/mol. The fourth-order valence-corrected chi connectivity index (χ4v) is 3.28. The number of aromatic nitrogens is 1. The number of nitriles is 1. The molecule has 3 aromatic rings. The van der Waals surface area contributed by atoms with E-state index in [1.165, 1.54) is 13.0 Å². The number of benzene rings is 2. The summed E-state index contributed by atoms with van der Waals surface area (Å²) in [5.74, 6) is -0.121. The predicted molar refractivity (Wildman–Crippen MR) is 100 cm³/mol. The van der Waals surface area contributed by atoms with E-state index in [1.807, 2.05) is 30.3 Å². The summed E-state index contributed by atoms with van der Waals surface area (Å²) < 4.78 is 0. The Morgan fingerprint density at radius 3 is 2.85 bits per heavy atom. The maximum Gasteiger partial charge on any atom is 0.228 e. The molecule has 1 amide bonds. The van der Waals surface area contributed by atoms with E-state index >= 15 is 0 Å². The van der Waals surface area contributed by atoms with Crippen molar-refractivity contribution in [2.75, 3.05) is 5.32 Å². The number of H-pyrrole nitrogens is 1. The highest BCUT2D eigenvalue weighted by atomic mass is 16.1. The molecule has 5 nitrogen and oxygen atoms in total. The largest absolute Gasteiger partial charge is 0.354 e. The van der Waals surface area contributed by atoms with Crippen LogP contribution in [0.15, 0.2) is 42.5 Å². The molecule has 0 aliphatic carbocycles. The van der Waals surface area contributed by atoms with Gasteiger partial charge in [-0.25, -0.2) is 0 Å². The van der Waals surface area contributed by atoms with Crippen molar-refractivity contribution >= 4 is 34.4 Å². The average Bonchev–Trinajstić information content (AvgIpc) is 2.91. The van der Waals surface area contributed by atoms with Gasteiger partial charge in [-0.05, 0) is 54.5 Å². The Kier molecular flexibility index (Phi) is 3.67. The zero-order valence-electron chi connectivity index (χ0n) is 14.1. The summed E-state index contributed by atoms with van der Waals surface area (Å²) in [6.45, 7) is 1.50. The molecule has 0 fully saturated rings. The minimum absolute atomic E-state index is 0.0245. The molecule has 126 valence electrons. The van der Waals surface area contributed by atoms with Crippen LogP contribution in [0.1, 0.15) is 23.6 Å². The van der Waals surface area contributed by atoms with Crippen molar-refractivity contribution in [3.05, 3.63) is 59.2 Å². The van der Waals surface area contributed by atoms with Gasteiger partial charge in [0.15, 0.2) is 5.78 Å². The summed E-state index contributed by atoms with van der Waals surface area (Å²) in [5.41, 5.74) is 5.65. The third-order valence-electron chi connectivity index (χ3n) is 4.47. The molecular weight excluding hydrogens is 326 g/mol. The van der Waals surface area contributed by atoms with Gasteiger partial charge in [0.1, 0.15) is 0 Å². The lowest BCUT2D eigenvalue weighted by Gasteiger charge is -2.08. The van der Waals surface area contributed by atoms with E-state index in [-0.39, 0.29) is 18.1 Å². The lowest BCUT2D eigenvalue weighted by molar-refractivity contribution is -0.115. The minimum Gasteiger partial charge on any atom is -0.354 e. The summed E-state index contributed by atoms with van der Waals surface area (Å²) >= 11 is 0. The van der Waals surface area contributed by atoms with E-state index in [9.17, 15) is 9.59 Å². The maximum absolute atomic E-state index is 12.4. The molecule has 2 heterocycles. The van der Waals surface area contributed by atoms with Crippen LogP contribution < -0.4 is 5.32 Å². The van der Waals surface area contributed by atoms with Crippen LogP contribution in [0.3, 0.4) is 0 Å². The number of ketones is 1. The van der Waals surface area contributed by atoms with Crippen molar-refractivity contribution in [3.63, 3.8) is 0 Å². The summed E-state index contributed by atoms with van der Waals surface area (Å²) in [4.78, 5) is 26.9. The smallest absolute Gasteiger partial charge is 0.228 e. The average molecular weight is 341 g/mol. The highest BCUT2D eigenvalue weighted by Gasteiger charge is 2.23. The van der Waals surface area contributed by atoms with Gasteiger partial charge in [0.25, 0.3) is 0 Å². The summed E-state index contributed by atoms with van der Waals surface area (Å²) in [7, 11) is 0. The number of anilines is 1. The van der Waals surface area contributed by atoms with Crippen LogP contribution in [0.5, 0.6) is 0 Å². The minimum atomic E-state index is -0.0970. The van der Waals surface area contributed by atoms with Crippen molar-refractivity contribution in [1.29, 1.82) is 5.26 Å². The number of allylic oxidation sites excluding steroid dienone is 1. The van der Waals surface area contributed by atoms with Crippen LogP contribution in [0.4, 0.5) is 5.69 Å². The van der Waals surface area contributed by atoms with Gasteiger partial charge in [-0.2, -0.15) is 5.26 Å². The molecule has 0 unspecified atom stereocenters. The van der Waals surface area contributed by atoms with E-state index in [4.69, 9.17) is 5.26 Å². The molecule has 5 heteroatoms. The topological polar surface area (TPSA) is 85.8 Å². The number of carbonyl (C=O) groups excluding carboxylic acids is 2. The number of nitrogens with zero attached hydrogens (tertiary/aromatic N) is 1. The van der Waals surface area contributed by atoms with Gasteiger partial charge in [0.05, 0.1) is 29.4 Å². The van der Waals surface area contributed by atoms with E-state index in [2.05, 4.69) is 16.4 Å². The third-order valence-corrected chi connectivity index (χ3v) is 4.47. The Hall–Kier alpha value is -3.65. The first kappa shape index (κ1) is 15.9. The third kappa shape index (κ3) is 2.68. The molecular formula is C21H15N3O2. The van der Waals surface area contributed by atoms with E-state index in [1.54, 1.807) is 12.1 Å². The molecule has 1 aliphatic heterocycles. The summed E-state index contributed by atoms with van der Waals surface area (Å²) in [6.07, 6.45) is 3.51. The molecule has 0 spiro atoms. The molecule has 0 saturated carbocycles. The number of rotatable bonds is 2. The van der Waals surface area contributed by atoms with Crippen LogP contribution in [-0.2, 0) is 16.0 Å². The second-order valence-corrected chi connectivity index (χ2v) is 6.32. The number of nitrogens with one attached hydrogen (secondary N) is 2. The van der Waals surface area contributed by atoms with Crippen LogP contribution in [0.2, 0.25) is 0 Å². The van der Waals surface area contributed by atoms with Gasteiger partial charge >= 0.3 is 0 Å². The first-order valence-corrected chi connectivity index (χ1v) is 8.23. The number of carbonyl (C=O) groups is 2. The SMILES string of the molecule is CC(=O)C=Cc1ccc2c(c1)-c1[nH]c3ccc(C#N)cc3c1CC(=O)N2. The normalized spacial score (nSPS) is 13.0. The molecule has 4 rings (SSSR count). The van der Waals surface area contributed by atoms with Gasteiger partial charge in [0, 0.05) is 16.5 Å². The predicted octanol–water partition coefficient (Wildman–Crippen LogP) is 3.80. The first-order valence-electron chi connectivity index (χ1n) is 8.23. The van der Waals surface area contributed by atoms with Crippen LogP contribution >= 0.6 is 0 Å². The molecule has 1 aliphatic rings. The highest BCUT2D eigenvalue weighted by Crippen LogP contribution is 2.38. The second-order valence-electron chi connectivity index (χ2n) is 6.32. The van der Waals surface area contributed by atoms with Gasteiger partial charge in [-0.3, -0.25) is 9.59 Å². The fraction of sp³-hybridized carbons (Fsp3) is 0.0952. The lowest BCUT2D eigenvalue weighted by atomic mass is 10.0. The van der Waals surface area contributed by atoms with Gasteiger partial charge in [-0.1, -0.05) is 12.1 Å².